The largest absolute Gasteiger partial charge is 0.481 e. The maximum atomic E-state index is 12.2. The van der Waals surface area contributed by atoms with Crippen LogP contribution in [0.4, 0.5) is 4.79 Å². The molecule has 5 nitrogen and oxygen atoms in total. The van der Waals surface area contributed by atoms with Crippen LogP contribution in [0.25, 0.3) is 0 Å². The summed E-state index contributed by atoms with van der Waals surface area (Å²) >= 11 is 0. The van der Waals surface area contributed by atoms with Gasteiger partial charge in [0, 0.05) is 18.6 Å². The van der Waals surface area contributed by atoms with E-state index in [9.17, 15) is 9.59 Å². The van der Waals surface area contributed by atoms with Crippen molar-refractivity contribution in [1.29, 1.82) is 0 Å². The van der Waals surface area contributed by atoms with Crippen molar-refractivity contribution in [3.05, 3.63) is 0 Å². The number of carbonyl (C=O) groups excluding carboxylic acids is 1. The average molecular weight is 270 g/mol. The molecule has 2 amide bonds. The van der Waals surface area contributed by atoms with Crippen molar-refractivity contribution in [1.82, 2.24) is 10.2 Å². The van der Waals surface area contributed by atoms with E-state index in [2.05, 4.69) is 12.2 Å². The zero-order valence-corrected chi connectivity index (χ0v) is 12.5. The fourth-order valence-corrected chi connectivity index (χ4v) is 2.14. The quantitative estimate of drug-likeness (QED) is 0.779. The van der Waals surface area contributed by atoms with E-state index in [-0.39, 0.29) is 24.5 Å². The van der Waals surface area contributed by atoms with Crippen molar-refractivity contribution in [3.63, 3.8) is 0 Å². The maximum Gasteiger partial charge on any atom is 0.317 e. The molecule has 0 saturated heterocycles. The van der Waals surface area contributed by atoms with E-state index in [4.69, 9.17) is 5.11 Å². The second kappa shape index (κ2) is 5.80. The summed E-state index contributed by atoms with van der Waals surface area (Å²) in [7, 11) is 0. The van der Waals surface area contributed by atoms with E-state index in [1.54, 1.807) is 4.90 Å². The number of amides is 2. The highest BCUT2D eigenvalue weighted by atomic mass is 16.4. The van der Waals surface area contributed by atoms with E-state index >= 15 is 0 Å². The fourth-order valence-electron chi connectivity index (χ4n) is 2.14. The van der Waals surface area contributed by atoms with Gasteiger partial charge in [-0.05, 0) is 45.4 Å². The summed E-state index contributed by atoms with van der Waals surface area (Å²) in [6.07, 6.45) is 3.41. The van der Waals surface area contributed by atoms with Crippen LogP contribution in [0, 0.1) is 5.41 Å². The lowest BCUT2D eigenvalue weighted by molar-refractivity contribution is -0.137. The highest BCUT2D eigenvalue weighted by Gasteiger charge is 2.41. The lowest BCUT2D eigenvalue weighted by Crippen LogP contribution is -2.52. The van der Waals surface area contributed by atoms with E-state index in [0.717, 1.165) is 6.42 Å². The molecule has 0 aromatic heterocycles. The predicted octanol–water partition coefficient (Wildman–Crippen LogP) is 2.46. The molecule has 19 heavy (non-hydrogen) atoms. The Morgan fingerprint density at radius 1 is 1.32 bits per heavy atom. The van der Waals surface area contributed by atoms with Crippen molar-refractivity contribution in [2.45, 2.75) is 58.9 Å². The second-order valence-corrected chi connectivity index (χ2v) is 6.48. The van der Waals surface area contributed by atoms with Gasteiger partial charge in [0.25, 0.3) is 0 Å². The van der Waals surface area contributed by atoms with Crippen LogP contribution in [0.2, 0.25) is 0 Å². The average Bonchev–Trinajstić information content (AvgIpc) is 3.05. The summed E-state index contributed by atoms with van der Waals surface area (Å²) in [4.78, 5) is 24.5. The molecular weight excluding hydrogens is 244 g/mol. The molecule has 1 aliphatic carbocycles. The van der Waals surface area contributed by atoms with Crippen LogP contribution in [0.1, 0.15) is 53.4 Å². The van der Waals surface area contributed by atoms with Crippen LogP contribution >= 0.6 is 0 Å². The summed E-state index contributed by atoms with van der Waals surface area (Å²) in [6, 6.07) is -0.159. The monoisotopic (exact) mass is 270 g/mol. The van der Waals surface area contributed by atoms with Crippen molar-refractivity contribution in [2.24, 2.45) is 5.41 Å². The fraction of sp³-hybridized carbons (Fsp3) is 0.857. The Bertz CT molecular complexity index is 343. The summed E-state index contributed by atoms with van der Waals surface area (Å²) < 4.78 is 0. The summed E-state index contributed by atoms with van der Waals surface area (Å²) in [5.41, 5.74) is -0.0749. The lowest BCUT2D eigenvalue weighted by atomic mass is 10.0. The van der Waals surface area contributed by atoms with Gasteiger partial charge in [-0.3, -0.25) is 4.79 Å². The van der Waals surface area contributed by atoms with Gasteiger partial charge in [0.1, 0.15) is 0 Å². The number of hydrogen-bond acceptors (Lipinski definition) is 2. The molecule has 0 heterocycles. The molecule has 5 heteroatoms. The molecule has 0 aromatic carbocycles. The van der Waals surface area contributed by atoms with Gasteiger partial charge in [0.2, 0.25) is 0 Å². The van der Waals surface area contributed by atoms with Crippen molar-refractivity contribution < 1.29 is 14.7 Å². The van der Waals surface area contributed by atoms with E-state index in [1.807, 2.05) is 20.8 Å². The number of nitrogens with zero attached hydrogens (tertiary/aromatic N) is 1. The minimum Gasteiger partial charge on any atom is -0.481 e. The SMILES string of the molecule is CCC1(CNC(=O)N(CCC(=O)O)C(C)(C)C)CC1. The van der Waals surface area contributed by atoms with Crippen LogP contribution in [0.5, 0.6) is 0 Å². The number of carboxylic acids is 1. The van der Waals surface area contributed by atoms with Gasteiger partial charge in [-0.25, -0.2) is 4.79 Å². The van der Waals surface area contributed by atoms with E-state index < -0.39 is 5.97 Å². The normalized spacial score (nSPS) is 16.8. The predicted molar refractivity (Wildman–Crippen MR) is 74.1 cm³/mol. The number of urea groups is 1. The summed E-state index contributed by atoms with van der Waals surface area (Å²) in [5.74, 6) is -0.880. The van der Waals surface area contributed by atoms with Crippen molar-refractivity contribution >= 4 is 12.0 Å². The molecule has 0 aliphatic heterocycles. The van der Waals surface area contributed by atoms with Crippen molar-refractivity contribution in [2.75, 3.05) is 13.1 Å². The standard InChI is InChI=1S/C14H26N2O3/c1-5-14(7-8-14)10-15-12(19)16(13(2,3)4)9-6-11(17)18/h5-10H2,1-4H3,(H,15,19)(H,17,18). The lowest BCUT2D eigenvalue weighted by Gasteiger charge is -2.35. The smallest absolute Gasteiger partial charge is 0.317 e. The van der Waals surface area contributed by atoms with E-state index in [0.29, 0.717) is 12.0 Å². The molecule has 1 fully saturated rings. The third kappa shape index (κ3) is 4.73. The highest BCUT2D eigenvalue weighted by molar-refractivity contribution is 5.76. The Labute approximate surface area is 115 Å². The first-order chi connectivity index (χ1) is 8.70. The first-order valence-electron chi connectivity index (χ1n) is 6.97. The first-order valence-corrected chi connectivity index (χ1v) is 6.97. The third-order valence-electron chi connectivity index (χ3n) is 3.93. The van der Waals surface area contributed by atoms with Crippen LogP contribution in [-0.4, -0.2) is 40.6 Å². The van der Waals surface area contributed by atoms with Gasteiger partial charge < -0.3 is 15.3 Å². The number of rotatable bonds is 6. The molecule has 0 spiro atoms. The van der Waals surface area contributed by atoms with E-state index in [1.165, 1.54) is 12.8 Å². The zero-order chi connectivity index (χ0) is 14.7. The van der Waals surface area contributed by atoms with Crippen LogP contribution < -0.4 is 5.32 Å². The van der Waals surface area contributed by atoms with Gasteiger partial charge >= 0.3 is 12.0 Å². The molecule has 0 atom stereocenters. The Kier molecular flexibility index (Phi) is 4.82. The number of carboxylic acid groups (broad SMARTS) is 1. The van der Waals surface area contributed by atoms with Gasteiger partial charge in [-0.2, -0.15) is 0 Å². The Morgan fingerprint density at radius 2 is 1.89 bits per heavy atom. The summed E-state index contributed by atoms with van der Waals surface area (Å²) in [5, 5.41) is 11.7. The van der Waals surface area contributed by atoms with Gasteiger partial charge in [-0.1, -0.05) is 6.92 Å². The van der Waals surface area contributed by atoms with Gasteiger partial charge in [0.05, 0.1) is 6.42 Å². The minimum absolute atomic E-state index is 0.0242. The van der Waals surface area contributed by atoms with Crippen molar-refractivity contribution in [3.8, 4) is 0 Å². The number of hydrogen-bond donors (Lipinski definition) is 2. The molecule has 0 unspecified atom stereocenters. The molecular formula is C14H26N2O3. The summed E-state index contributed by atoms with van der Waals surface area (Å²) in [6.45, 7) is 8.83. The molecule has 1 saturated carbocycles. The molecule has 0 radical (unpaired) electrons. The maximum absolute atomic E-state index is 12.2. The van der Waals surface area contributed by atoms with Gasteiger partial charge in [-0.15, -0.1) is 0 Å². The Hall–Kier alpha value is -1.26. The number of carbonyl (C=O) groups is 2. The molecule has 1 aliphatic rings. The molecule has 0 aromatic rings. The Balaban J connectivity index is 2.54. The van der Waals surface area contributed by atoms with Gasteiger partial charge in [0.15, 0.2) is 0 Å². The van der Waals surface area contributed by atoms with Crippen LogP contribution in [-0.2, 0) is 4.79 Å². The number of aliphatic carboxylic acids is 1. The second-order valence-electron chi connectivity index (χ2n) is 6.48. The number of nitrogens with one attached hydrogen (secondary N) is 1. The van der Waals surface area contributed by atoms with Crippen LogP contribution in [0.3, 0.4) is 0 Å². The molecule has 0 bridgehead atoms. The topological polar surface area (TPSA) is 69.6 Å². The van der Waals surface area contributed by atoms with Crippen LogP contribution in [0.15, 0.2) is 0 Å². The first kappa shape index (κ1) is 15.8. The molecule has 1 rings (SSSR count). The third-order valence-corrected chi connectivity index (χ3v) is 3.93. The Morgan fingerprint density at radius 3 is 2.26 bits per heavy atom. The highest BCUT2D eigenvalue weighted by Crippen LogP contribution is 2.47. The molecule has 2 N–H and O–H groups in total. The zero-order valence-electron chi connectivity index (χ0n) is 12.5. The molecule has 110 valence electrons. The minimum atomic E-state index is -0.880.